The molecule has 0 atom stereocenters. The molecular formula is C24H38N8O2. The predicted octanol–water partition coefficient (Wildman–Crippen LogP) is 1.23. The lowest BCUT2D eigenvalue weighted by Gasteiger charge is -2.29. The molecule has 1 aromatic carbocycles. The number of nitrogens with two attached hydrogens (primary N) is 2. The van der Waals surface area contributed by atoms with E-state index in [-0.39, 0.29) is 35.8 Å². The number of carbonyl (C=O) groups excluding carboxylic acids is 2. The molecule has 10 nitrogen and oxygen atoms in total. The highest BCUT2D eigenvalue weighted by molar-refractivity contribution is 5.98. The van der Waals surface area contributed by atoms with Crippen molar-refractivity contribution in [3.05, 3.63) is 35.4 Å². The molecule has 0 spiro atoms. The quantitative estimate of drug-likeness (QED) is 0.209. The van der Waals surface area contributed by atoms with Crippen LogP contribution in [0.5, 0.6) is 0 Å². The van der Waals surface area contributed by atoms with E-state index in [4.69, 9.17) is 22.3 Å². The third-order valence-electron chi connectivity index (χ3n) is 6.94. The molecule has 2 aliphatic rings. The fraction of sp³-hybridized carbons (Fsp3) is 0.583. The molecule has 3 rings (SSSR count). The Bertz CT molecular complexity index is 785. The molecule has 0 aromatic heterocycles. The number of rotatable bonds is 8. The average Bonchev–Trinajstić information content (AvgIpc) is 2.83. The number of carbonyl (C=O) groups is 2. The van der Waals surface area contributed by atoms with Gasteiger partial charge in [0.2, 0.25) is 0 Å². The van der Waals surface area contributed by atoms with Crippen molar-refractivity contribution < 1.29 is 9.59 Å². The monoisotopic (exact) mass is 470 g/mol. The minimum Gasteiger partial charge on any atom is -0.370 e. The van der Waals surface area contributed by atoms with E-state index in [1.165, 1.54) is 0 Å². The molecule has 1 aromatic rings. The zero-order valence-corrected chi connectivity index (χ0v) is 19.7. The van der Waals surface area contributed by atoms with Crippen LogP contribution in [-0.4, -0.2) is 48.9 Å². The average molecular weight is 471 g/mol. The van der Waals surface area contributed by atoms with E-state index in [1.807, 2.05) is 0 Å². The normalized spacial score (nSPS) is 24.5. The van der Waals surface area contributed by atoms with Crippen molar-refractivity contribution in [1.29, 1.82) is 10.8 Å². The van der Waals surface area contributed by atoms with Crippen LogP contribution in [0.3, 0.4) is 0 Å². The van der Waals surface area contributed by atoms with Gasteiger partial charge in [-0.15, -0.1) is 0 Å². The largest absolute Gasteiger partial charge is 0.370 e. The van der Waals surface area contributed by atoms with E-state index in [9.17, 15) is 9.59 Å². The van der Waals surface area contributed by atoms with Gasteiger partial charge >= 0.3 is 0 Å². The molecule has 0 radical (unpaired) electrons. The molecule has 10 heteroatoms. The summed E-state index contributed by atoms with van der Waals surface area (Å²) in [5.74, 6) is 0.714. The second kappa shape index (κ2) is 12.2. The van der Waals surface area contributed by atoms with Crippen LogP contribution >= 0.6 is 0 Å². The Kier molecular flexibility index (Phi) is 9.12. The third-order valence-corrected chi connectivity index (χ3v) is 6.94. The summed E-state index contributed by atoms with van der Waals surface area (Å²) in [6, 6.07) is 7.11. The summed E-state index contributed by atoms with van der Waals surface area (Å²) in [5.41, 5.74) is 11.8. The Morgan fingerprint density at radius 1 is 0.676 bits per heavy atom. The van der Waals surface area contributed by atoms with E-state index in [0.29, 0.717) is 36.1 Å². The van der Waals surface area contributed by atoms with Crippen LogP contribution in [0.25, 0.3) is 0 Å². The molecule has 0 bridgehead atoms. The van der Waals surface area contributed by atoms with Crippen molar-refractivity contribution in [2.45, 2.75) is 63.5 Å². The fourth-order valence-corrected chi connectivity index (χ4v) is 4.84. The summed E-state index contributed by atoms with van der Waals surface area (Å²) in [6.07, 6.45) is 7.57. The van der Waals surface area contributed by atoms with Gasteiger partial charge in [0.05, 0.1) is 0 Å². The van der Waals surface area contributed by atoms with Gasteiger partial charge in [-0.25, -0.2) is 0 Å². The maximum atomic E-state index is 12.6. The van der Waals surface area contributed by atoms with Crippen molar-refractivity contribution in [3.63, 3.8) is 0 Å². The van der Waals surface area contributed by atoms with E-state index in [2.05, 4.69) is 21.3 Å². The topological polar surface area (TPSA) is 182 Å². The maximum absolute atomic E-state index is 12.6. The molecule has 2 saturated carbocycles. The van der Waals surface area contributed by atoms with Crippen LogP contribution in [0.4, 0.5) is 0 Å². The van der Waals surface area contributed by atoms with Crippen molar-refractivity contribution >= 4 is 23.7 Å². The summed E-state index contributed by atoms with van der Waals surface area (Å²) in [6.45, 7) is 1.41. The molecule has 0 unspecified atom stereocenters. The van der Waals surface area contributed by atoms with Gasteiger partial charge in [0.1, 0.15) is 0 Å². The summed E-state index contributed by atoms with van der Waals surface area (Å²) >= 11 is 0. The van der Waals surface area contributed by atoms with Crippen LogP contribution in [0, 0.1) is 22.7 Å². The van der Waals surface area contributed by atoms with Crippen LogP contribution < -0.4 is 32.7 Å². The van der Waals surface area contributed by atoms with E-state index in [0.717, 1.165) is 51.4 Å². The minimum atomic E-state index is -0.116. The Morgan fingerprint density at radius 2 is 1.00 bits per heavy atom. The standard InChI is InChI=1S/C24H38N8O2/c25-23(26)29-13-15-1-9-19(10-2-15)31-21(33)17-5-7-18(8-6-17)22(34)32-20-11-3-16(4-12-20)14-30-24(27)28/h5-8,15-16,19-20H,1-4,9-14H2,(H,31,33)(H,32,34)(H4,25,26,29)(H4,27,28,30)/t15-,16-,19-,20-. The fourth-order valence-electron chi connectivity index (χ4n) is 4.84. The second-order valence-electron chi connectivity index (χ2n) is 9.55. The number of hydrogen-bond acceptors (Lipinski definition) is 4. The van der Waals surface area contributed by atoms with Crippen molar-refractivity contribution in [1.82, 2.24) is 21.3 Å². The van der Waals surface area contributed by atoms with Crippen LogP contribution in [0.15, 0.2) is 24.3 Å². The summed E-state index contributed by atoms with van der Waals surface area (Å²) in [5, 5.41) is 26.5. The maximum Gasteiger partial charge on any atom is 0.251 e. The summed E-state index contributed by atoms with van der Waals surface area (Å²) in [4.78, 5) is 25.3. The molecule has 34 heavy (non-hydrogen) atoms. The number of hydrogen-bond donors (Lipinski definition) is 8. The van der Waals surface area contributed by atoms with Crippen LogP contribution in [0.2, 0.25) is 0 Å². The lowest BCUT2D eigenvalue weighted by Crippen LogP contribution is -2.41. The van der Waals surface area contributed by atoms with Crippen molar-refractivity contribution in [2.75, 3.05) is 13.1 Å². The summed E-state index contributed by atoms with van der Waals surface area (Å²) < 4.78 is 0. The first-order valence-electron chi connectivity index (χ1n) is 12.2. The van der Waals surface area contributed by atoms with Gasteiger partial charge in [0.25, 0.3) is 11.8 Å². The summed E-state index contributed by atoms with van der Waals surface area (Å²) in [7, 11) is 0. The zero-order valence-electron chi connectivity index (χ0n) is 19.7. The predicted molar refractivity (Wildman–Crippen MR) is 133 cm³/mol. The van der Waals surface area contributed by atoms with E-state index < -0.39 is 0 Å². The number of benzene rings is 1. The lowest BCUT2D eigenvalue weighted by molar-refractivity contribution is 0.0910. The molecule has 10 N–H and O–H groups in total. The van der Waals surface area contributed by atoms with Crippen LogP contribution in [-0.2, 0) is 0 Å². The SMILES string of the molecule is N=C(N)NC[C@H]1CC[C@H](NC(=O)c2ccc(C(=O)N[C@H]3CC[C@H](CNC(=N)N)CC3)cc2)CC1. The van der Waals surface area contributed by atoms with Crippen molar-refractivity contribution in [2.24, 2.45) is 23.3 Å². The molecule has 0 saturated heterocycles. The van der Waals surface area contributed by atoms with E-state index in [1.54, 1.807) is 24.3 Å². The minimum absolute atomic E-state index is 0.00126. The van der Waals surface area contributed by atoms with Gasteiger partial charge < -0.3 is 32.7 Å². The van der Waals surface area contributed by atoms with Gasteiger partial charge in [-0.3, -0.25) is 20.4 Å². The molecular weight excluding hydrogens is 432 g/mol. The molecule has 0 aliphatic heterocycles. The van der Waals surface area contributed by atoms with Gasteiger partial charge in [-0.1, -0.05) is 0 Å². The second-order valence-corrected chi connectivity index (χ2v) is 9.55. The smallest absolute Gasteiger partial charge is 0.251 e. The Morgan fingerprint density at radius 3 is 1.29 bits per heavy atom. The lowest BCUT2D eigenvalue weighted by atomic mass is 9.86. The first-order chi connectivity index (χ1) is 16.3. The highest BCUT2D eigenvalue weighted by atomic mass is 16.2. The highest BCUT2D eigenvalue weighted by Crippen LogP contribution is 2.25. The molecule has 2 amide bonds. The first-order valence-corrected chi connectivity index (χ1v) is 12.2. The Balaban J connectivity index is 1.39. The molecule has 2 fully saturated rings. The Labute approximate surface area is 201 Å². The Hall–Kier alpha value is -3.30. The van der Waals surface area contributed by atoms with Crippen molar-refractivity contribution in [3.8, 4) is 0 Å². The number of nitrogens with one attached hydrogen (secondary N) is 6. The molecule has 0 heterocycles. The zero-order chi connectivity index (χ0) is 24.5. The highest BCUT2D eigenvalue weighted by Gasteiger charge is 2.24. The van der Waals surface area contributed by atoms with Gasteiger partial charge in [-0.2, -0.15) is 0 Å². The number of amides is 2. The van der Waals surface area contributed by atoms with Gasteiger partial charge in [0, 0.05) is 36.3 Å². The van der Waals surface area contributed by atoms with Gasteiger partial charge in [0.15, 0.2) is 11.9 Å². The third kappa shape index (κ3) is 7.93. The van der Waals surface area contributed by atoms with Gasteiger partial charge in [-0.05, 0) is 87.5 Å². The molecule has 186 valence electrons. The first kappa shape index (κ1) is 25.3. The van der Waals surface area contributed by atoms with E-state index >= 15 is 0 Å². The van der Waals surface area contributed by atoms with Crippen LogP contribution in [0.1, 0.15) is 72.1 Å². The molecule has 2 aliphatic carbocycles. The number of guanidine groups is 2.